The van der Waals surface area contributed by atoms with E-state index in [0.717, 1.165) is 6.54 Å². The number of nitrogens with one attached hydrogen (secondary N) is 1. The maximum absolute atomic E-state index is 3.71. The Morgan fingerprint density at radius 2 is 1.75 bits per heavy atom. The van der Waals surface area contributed by atoms with Gasteiger partial charge >= 0.3 is 0 Å². The molecule has 0 aliphatic rings. The normalized spacial score (nSPS) is 14.1. The number of unbranched alkanes of at least 4 members (excludes halogenated alkanes) is 2. The van der Waals surface area contributed by atoms with Gasteiger partial charge < -0.3 is 5.32 Å². The van der Waals surface area contributed by atoms with Crippen LogP contribution in [0.4, 0.5) is 0 Å². The highest BCUT2D eigenvalue weighted by atomic mass is 32.2. The summed E-state index contributed by atoms with van der Waals surface area (Å²) >= 11 is 2.03. The summed E-state index contributed by atoms with van der Waals surface area (Å²) in [6.07, 6.45) is 10.2. The molecular formula is C14H31NS. The van der Waals surface area contributed by atoms with Crippen LogP contribution < -0.4 is 5.32 Å². The van der Waals surface area contributed by atoms with Crippen molar-refractivity contribution in [3.63, 3.8) is 0 Å². The van der Waals surface area contributed by atoms with Gasteiger partial charge in [-0.3, -0.25) is 0 Å². The molecule has 1 nitrogen and oxygen atoms in total. The van der Waals surface area contributed by atoms with Gasteiger partial charge in [-0.25, -0.2) is 0 Å². The minimum Gasteiger partial charge on any atom is -0.313 e. The Bertz CT molecular complexity index is 147. The third-order valence-corrected chi connectivity index (χ3v) is 5.32. The van der Waals surface area contributed by atoms with E-state index in [1.165, 1.54) is 38.5 Å². The van der Waals surface area contributed by atoms with E-state index >= 15 is 0 Å². The smallest absolute Gasteiger partial charge is 0.0276 e. The first-order chi connectivity index (χ1) is 7.64. The molecule has 0 aliphatic carbocycles. The van der Waals surface area contributed by atoms with E-state index in [2.05, 4.69) is 39.3 Å². The third kappa shape index (κ3) is 6.15. The third-order valence-electron chi connectivity index (χ3n) is 3.74. The van der Waals surface area contributed by atoms with Crippen LogP contribution in [-0.2, 0) is 0 Å². The fraction of sp³-hybridized carbons (Fsp3) is 1.00. The van der Waals surface area contributed by atoms with E-state index in [1.807, 2.05) is 11.8 Å². The van der Waals surface area contributed by atoms with Crippen LogP contribution in [0.2, 0.25) is 0 Å². The predicted molar refractivity (Wildman–Crippen MR) is 78.4 cm³/mol. The zero-order valence-corrected chi connectivity index (χ0v) is 12.8. The molecule has 0 rings (SSSR count). The van der Waals surface area contributed by atoms with Crippen LogP contribution in [0.15, 0.2) is 0 Å². The lowest BCUT2D eigenvalue weighted by Crippen LogP contribution is -2.40. The minimum atomic E-state index is 0.457. The summed E-state index contributed by atoms with van der Waals surface area (Å²) in [6, 6.07) is 0.677. The van der Waals surface area contributed by atoms with Crippen molar-refractivity contribution in [2.24, 2.45) is 0 Å². The lowest BCUT2D eigenvalue weighted by molar-refractivity contribution is 0.428. The fourth-order valence-electron chi connectivity index (χ4n) is 2.02. The second-order valence-electron chi connectivity index (χ2n) is 4.87. The average molecular weight is 245 g/mol. The van der Waals surface area contributed by atoms with Gasteiger partial charge in [-0.05, 0) is 32.4 Å². The first-order valence-electron chi connectivity index (χ1n) is 6.92. The molecule has 2 heteroatoms. The quantitative estimate of drug-likeness (QED) is 0.570. The molecule has 0 saturated carbocycles. The lowest BCUT2D eigenvalue weighted by atomic mass is 10.0. The molecule has 0 bridgehead atoms. The largest absolute Gasteiger partial charge is 0.313 e. The Labute approximate surface area is 107 Å². The molecule has 0 heterocycles. The number of hydrogen-bond donors (Lipinski definition) is 1. The second-order valence-corrected chi connectivity index (χ2v) is 6.15. The minimum absolute atomic E-state index is 0.457. The molecule has 0 spiro atoms. The summed E-state index contributed by atoms with van der Waals surface area (Å²) < 4.78 is 0.457. The highest BCUT2D eigenvalue weighted by Crippen LogP contribution is 2.29. The SMILES string of the molecule is CCCCCC(C)NCC(CC)(CC)SC. The molecule has 16 heavy (non-hydrogen) atoms. The Hall–Kier alpha value is 0.310. The van der Waals surface area contributed by atoms with Crippen molar-refractivity contribution < 1.29 is 0 Å². The van der Waals surface area contributed by atoms with Crippen LogP contribution in [0.1, 0.15) is 66.2 Å². The van der Waals surface area contributed by atoms with Crippen molar-refractivity contribution in [1.29, 1.82) is 0 Å². The van der Waals surface area contributed by atoms with Crippen LogP contribution in [0, 0.1) is 0 Å². The van der Waals surface area contributed by atoms with Crippen molar-refractivity contribution in [3.8, 4) is 0 Å². The van der Waals surface area contributed by atoms with E-state index in [1.54, 1.807) is 0 Å². The van der Waals surface area contributed by atoms with Gasteiger partial charge in [0.1, 0.15) is 0 Å². The van der Waals surface area contributed by atoms with Crippen molar-refractivity contribution in [2.45, 2.75) is 77.0 Å². The molecule has 98 valence electrons. The lowest BCUT2D eigenvalue weighted by Gasteiger charge is -2.31. The summed E-state index contributed by atoms with van der Waals surface area (Å²) in [6.45, 7) is 10.4. The highest BCUT2D eigenvalue weighted by molar-refractivity contribution is 8.00. The Balaban J connectivity index is 3.82. The van der Waals surface area contributed by atoms with Crippen molar-refractivity contribution >= 4 is 11.8 Å². The number of thioether (sulfide) groups is 1. The Kier molecular flexibility index (Phi) is 9.53. The monoisotopic (exact) mass is 245 g/mol. The fourth-order valence-corrected chi connectivity index (χ4v) is 2.83. The van der Waals surface area contributed by atoms with E-state index in [-0.39, 0.29) is 0 Å². The molecule has 0 aromatic heterocycles. The van der Waals surface area contributed by atoms with Crippen LogP contribution in [0.3, 0.4) is 0 Å². The van der Waals surface area contributed by atoms with Gasteiger partial charge in [-0.1, -0.05) is 40.0 Å². The van der Waals surface area contributed by atoms with Crippen molar-refractivity contribution in [2.75, 3.05) is 12.8 Å². The van der Waals surface area contributed by atoms with Crippen LogP contribution >= 0.6 is 11.8 Å². The van der Waals surface area contributed by atoms with Crippen LogP contribution in [-0.4, -0.2) is 23.6 Å². The van der Waals surface area contributed by atoms with E-state index in [0.29, 0.717) is 10.8 Å². The molecular weight excluding hydrogens is 214 g/mol. The summed E-state index contributed by atoms with van der Waals surface area (Å²) in [4.78, 5) is 0. The molecule has 0 aromatic carbocycles. The van der Waals surface area contributed by atoms with Crippen molar-refractivity contribution in [1.82, 2.24) is 5.32 Å². The van der Waals surface area contributed by atoms with Gasteiger partial charge in [0.25, 0.3) is 0 Å². The maximum Gasteiger partial charge on any atom is 0.0276 e. The second kappa shape index (κ2) is 9.35. The summed E-state index contributed by atoms with van der Waals surface area (Å²) in [5, 5.41) is 3.71. The first-order valence-corrected chi connectivity index (χ1v) is 8.15. The Morgan fingerprint density at radius 1 is 1.12 bits per heavy atom. The molecule has 1 unspecified atom stereocenters. The van der Waals surface area contributed by atoms with Crippen LogP contribution in [0.5, 0.6) is 0 Å². The predicted octanol–water partition coefficient (Wildman–Crippen LogP) is 4.47. The van der Waals surface area contributed by atoms with E-state index < -0.39 is 0 Å². The zero-order chi connectivity index (χ0) is 12.4. The molecule has 0 aromatic rings. The highest BCUT2D eigenvalue weighted by Gasteiger charge is 2.24. The number of rotatable bonds is 10. The van der Waals surface area contributed by atoms with Crippen molar-refractivity contribution in [3.05, 3.63) is 0 Å². The van der Waals surface area contributed by atoms with Crippen LogP contribution in [0.25, 0.3) is 0 Å². The van der Waals surface area contributed by atoms with Gasteiger partial charge in [-0.2, -0.15) is 11.8 Å². The van der Waals surface area contributed by atoms with Gasteiger partial charge in [0.2, 0.25) is 0 Å². The molecule has 0 radical (unpaired) electrons. The number of hydrogen-bond acceptors (Lipinski definition) is 2. The van der Waals surface area contributed by atoms with Gasteiger partial charge in [-0.15, -0.1) is 0 Å². The summed E-state index contributed by atoms with van der Waals surface area (Å²) in [5.74, 6) is 0. The molecule has 0 fully saturated rings. The maximum atomic E-state index is 3.71. The molecule has 1 N–H and O–H groups in total. The van der Waals surface area contributed by atoms with E-state index in [9.17, 15) is 0 Å². The van der Waals surface area contributed by atoms with E-state index in [4.69, 9.17) is 0 Å². The first kappa shape index (κ1) is 16.3. The molecule has 0 aliphatic heterocycles. The Morgan fingerprint density at radius 3 is 2.19 bits per heavy atom. The topological polar surface area (TPSA) is 12.0 Å². The van der Waals surface area contributed by atoms with Gasteiger partial charge in [0, 0.05) is 17.3 Å². The standard InChI is InChI=1S/C14H31NS/c1-6-9-10-11-13(4)15-12-14(7-2,8-3)16-5/h13,15H,6-12H2,1-5H3. The molecule has 1 atom stereocenters. The summed E-state index contributed by atoms with van der Waals surface area (Å²) in [5.41, 5.74) is 0. The van der Waals surface area contributed by atoms with Gasteiger partial charge in [0.05, 0.1) is 0 Å². The average Bonchev–Trinajstić information content (AvgIpc) is 2.32. The van der Waals surface area contributed by atoms with Gasteiger partial charge in [0.15, 0.2) is 0 Å². The zero-order valence-electron chi connectivity index (χ0n) is 11.9. The molecule has 0 saturated heterocycles. The summed E-state index contributed by atoms with van der Waals surface area (Å²) in [7, 11) is 0. The molecule has 0 amide bonds.